The summed E-state index contributed by atoms with van der Waals surface area (Å²) < 4.78 is 10.8. The maximum Gasteiger partial charge on any atom is 0.165 e. The summed E-state index contributed by atoms with van der Waals surface area (Å²) in [5.41, 5.74) is 1.08. The van der Waals surface area contributed by atoms with Crippen LogP contribution in [0.5, 0.6) is 11.5 Å². The quantitative estimate of drug-likeness (QED) is 0.637. The van der Waals surface area contributed by atoms with Gasteiger partial charge in [-0.2, -0.15) is 0 Å². The zero-order chi connectivity index (χ0) is 16.4. The Bertz CT molecular complexity index is 448. The number of para-hydroxylation sites is 1. The first-order chi connectivity index (χ1) is 10.7. The number of hydrogen-bond acceptors (Lipinski definition) is 4. The highest BCUT2D eigenvalue weighted by Crippen LogP contribution is 2.31. The van der Waals surface area contributed by atoms with Crippen molar-refractivity contribution < 1.29 is 14.6 Å². The van der Waals surface area contributed by atoms with Gasteiger partial charge in [-0.3, -0.25) is 4.90 Å². The van der Waals surface area contributed by atoms with Crippen molar-refractivity contribution >= 4 is 0 Å². The third-order valence-corrected chi connectivity index (χ3v) is 3.59. The number of methoxy groups -OCH3 is 2. The number of benzene rings is 1. The van der Waals surface area contributed by atoms with Crippen LogP contribution < -0.4 is 9.47 Å². The highest BCUT2D eigenvalue weighted by Gasteiger charge is 2.15. The van der Waals surface area contributed by atoms with Crippen molar-refractivity contribution in [2.75, 3.05) is 27.3 Å². The van der Waals surface area contributed by atoms with E-state index in [1.165, 1.54) is 0 Å². The van der Waals surface area contributed by atoms with Crippen LogP contribution in [0.3, 0.4) is 0 Å². The molecule has 0 amide bonds. The SMILES string of the molecule is C=CCCC(O)CN(CCC)Cc1cccc(OC)c1OC. The Balaban J connectivity index is 2.79. The number of rotatable bonds is 11. The van der Waals surface area contributed by atoms with Gasteiger partial charge in [-0.1, -0.05) is 25.1 Å². The second kappa shape index (κ2) is 10.2. The minimum Gasteiger partial charge on any atom is -0.493 e. The maximum atomic E-state index is 10.1. The molecule has 0 aliphatic heterocycles. The zero-order valence-corrected chi connectivity index (χ0v) is 14.0. The van der Waals surface area contributed by atoms with E-state index in [0.717, 1.165) is 49.4 Å². The number of aliphatic hydroxyl groups is 1. The first-order valence-corrected chi connectivity index (χ1v) is 7.87. The second-order valence-electron chi connectivity index (χ2n) is 5.41. The monoisotopic (exact) mass is 307 g/mol. The van der Waals surface area contributed by atoms with Crippen molar-refractivity contribution in [3.8, 4) is 11.5 Å². The van der Waals surface area contributed by atoms with Crippen LogP contribution in [-0.4, -0.2) is 43.4 Å². The van der Waals surface area contributed by atoms with Crippen molar-refractivity contribution in [1.82, 2.24) is 4.90 Å². The van der Waals surface area contributed by atoms with Gasteiger partial charge in [-0.15, -0.1) is 6.58 Å². The molecule has 0 bridgehead atoms. The van der Waals surface area contributed by atoms with Gasteiger partial charge in [0, 0.05) is 18.7 Å². The molecular formula is C18H29NO3. The lowest BCUT2D eigenvalue weighted by atomic mass is 10.1. The van der Waals surface area contributed by atoms with E-state index in [-0.39, 0.29) is 6.10 Å². The van der Waals surface area contributed by atoms with Gasteiger partial charge in [0.05, 0.1) is 20.3 Å². The molecule has 124 valence electrons. The van der Waals surface area contributed by atoms with E-state index >= 15 is 0 Å². The Morgan fingerprint density at radius 2 is 2.09 bits per heavy atom. The summed E-state index contributed by atoms with van der Waals surface area (Å²) in [4.78, 5) is 2.26. The van der Waals surface area contributed by atoms with Crippen LogP contribution in [0.25, 0.3) is 0 Å². The molecule has 4 nitrogen and oxygen atoms in total. The average molecular weight is 307 g/mol. The topological polar surface area (TPSA) is 41.9 Å². The van der Waals surface area contributed by atoms with Crippen molar-refractivity contribution in [1.29, 1.82) is 0 Å². The first-order valence-electron chi connectivity index (χ1n) is 7.87. The third-order valence-electron chi connectivity index (χ3n) is 3.59. The molecule has 1 aromatic carbocycles. The van der Waals surface area contributed by atoms with Crippen molar-refractivity contribution in [3.63, 3.8) is 0 Å². The van der Waals surface area contributed by atoms with Gasteiger partial charge < -0.3 is 14.6 Å². The lowest BCUT2D eigenvalue weighted by Crippen LogP contribution is -2.32. The van der Waals surface area contributed by atoms with Crippen LogP contribution >= 0.6 is 0 Å². The van der Waals surface area contributed by atoms with E-state index in [1.54, 1.807) is 14.2 Å². The minimum absolute atomic E-state index is 0.332. The van der Waals surface area contributed by atoms with Gasteiger partial charge in [-0.25, -0.2) is 0 Å². The standard InChI is InChI=1S/C18H29NO3/c1-5-7-10-16(20)14-19(12-6-2)13-15-9-8-11-17(21-3)18(15)22-4/h5,8-9,11,16,20H,1,6-7,10,12-14H2,2-4H3. The summed E-state index contributed by atoms with van der Waals surface area (Å²) in [6.07, 6.45) is 4.14. The molecule has 1 atom stereocenters. The molecule has 0 heterocycles. The third kappa shape index (κ3) is 5.70. The summed E-state index contributed by atoms with van der Waals surface area (Å²) in [5.74, 6) is 1.51. The molecule has 0 saturated heterocycles. The predicted molar refractivity (Wildman–Crippen MR) is 90.6 cm³/mol. The smallest absolute Gasteiger partial charge is 0.165 e. The van der Waals surface area contributed by atoms with Gasteiger partial charge in [0.15, 0.2) is 11.5 Å². The Labute approximate surface area is 134 Å². The van der Waals surface area contributed by atoms with E-state index in [9.17, 15) is 5.11 Å². The van der Waals surface area contributed by atoms with Crippen LogP contribution in [0.1, 0.15) is 31.7 Å². The van der Waals surface area contributed by atoms with E-state index < -0.39 is 0 Å². The summed E-state index contributed by atoms with van der Waals surface area (Å²) in [6.45, 7) is 8.17. The van der Waals surface area contributed by atoms with Gasteiger partial charge >= 0.3 is 0 Å². The number of aliphatic hydroxyl groups excluding tert-OH is 1. The second-order valence-corrected chi connectivity index (χ2v) is 5.41. The molecule has 0 saturated carbocycles. The molecule has 0 aliphatic carbocycles. The number of hydrogen-bond donors (Lipinski definition) is 1. The van der Waals surface area contributed by atoms with Crippen molar-refractivity contribution in [2.45, 2.75) is 38.8 Å². The number of allylic oxidation sites excluding steroid dienone is 1. The molecule has 0 aliphatic rings. The van der Waals surface area contributed by atoms with Crippen LogP contribution in [0, 0.1) is 0 Å². The number of ether oxygens (including phenoxy) is 2. The Morgan fingerprint density at radius 3 is 2.68 bits per heavy atom. The summed E-state index contributed by atoms with van der Waals surface area (Å²) in [5, 5.41) is 10.1. The van der Waals surface area contributed by atoms with E-state index in [1.807, 2.05) is 24.3 Å². The molecule has 0 aromatic heterocycles. The normalized spacial score (nSPS) is 12.2. The van der Waals surface area contributed by atoms with Gasteiger partial charge in [0.1, 0.15) is 0 Å². The maximum absolute atomic E-state index is 10.1. The molecule has 1 aromatic rings. The molecular weight excluding hydrogens is 278 g/mol. The lowest BCUT2D eigenvalue weighted by Gasteiger charge is -2.25. The summed E-state index contributed by atoms with van der Waals surface area (Å²) >= 11 is 0. The molecule has 4 heteroatoms. The first kappa shape index (κ1) is 18.5. The molecule has 0 radical (unpaired) electrons. The summed E-state index contributed by atoms with van der Waals surface area (Å²) in [6, 6.07) is 5.90. The van der Waals surface area contributed by atoms with Crippen LogP contribution in [0.15, 0.2) is 30.9 Å². The molecule has 22 heavy (non-hydrogen) atoms. The van der Waals surface area contributed by atoms with E-state index in [0.29, 0.717) is 6.54 Å². The van der Waals surface area contributed by atoms with E-state index in [2.05, 4.69) is 18.4 Å². The van der Waals surface area contributed by atoms with Gasteiger partial charge in [0.2, 0.25) is 0 Å². The lowest BCUT2D eigenvalue weighted by molar-refractivity contribution is 0.102. The Morgan fingerprint density at radius 1 is 1.32 bits per heavy atom. The largest absolute Gasteiger partial charge is 0.493 e. The summed E-state index contributed by atoms with van der Waals surface area (Å²) in [7, 11) is 3.30. The van der Waals surface area contributed by atoms with Gasteiger partial charge in [-0.05, 0) is 31.9 Å². The van der Waals surface area contributed by atoms with Crippen molar-refractivity contribution in [2.24, 2.45) is 0 Å². The highest BCUT2D eigenvalue weighted by atomic mass is 16.5. The van der Waals surface area contributed by atoms with E-state index in [4.69, 9.17) is 9.47 Å². The molecule has 1 unspecified atom stereocenters. The number of nitrogens with zero attached hydrogens (tertiary/aromatic N) is 1. The van der Waals surface area contributed by atoms with Crippen LogP contribution in [0.2, 0.25) is 0 Å². The fourth-order valence-electron chi connectivity index (χ4n) is 2.57. The predicted octanol–water partition coefficient (Wildman–Crippen LogP) is 3.24. The highest BCUT2D eigenvalue weighted by molar-refractivity contribution is 5.46. The molecule has 0 spiro atoms. The van der Waals surface area contributed by atoms with Crippen molar-refractivity contribution in [3.05, 3.63) is 36.4 Å². The average Bonchev–Trinajstić information content (AvgIpc) is 2.52. The fourth-order valence-corrected chi connectivity index (χ4v) is 2.57. The van der Waals surface area contributed by atoms with Crippen LogP contribution in [-0.2, 0) is 6.54 Å². The van der Waals surface area contributed by atoms with Crippen LogP contribution in [0.4, 0.5) is 0 Å². The Hall–Kier alpha value is -1.52. The fraction of sp³-hybridized carbons (Fsp3) is 0.556. The minimum atomic E-state index is -0.332. The Kier molecular flexibility index (Phi) is 8.63. The molecule has 1 rings (SSSR count). The van der Waals surface area contributed by atoms with Gasteiger partial charge in [0.25, 0.3) is 0 Å². The zero-order valence-electron chi connectivity index (χ0n) is 14.0. The molecule has 1 N–H and O–H groups in total. The molecule has 0 fully saturated rings.